The molecule has 0 aliphatic carbocycles. The molecule has 0 spiro atoms. The van der Waals surface area contributed by atoms with Gasteiger partial charge in [-0.25, -0.2) is 4.98 Å². The molecule has 2 nitrogen and oxygen atoms in total. The highest BCUT2D eigenvalue weighted by molar-refractivity contribution is 9.10. The molecule has 0 atom stereocenters. The first kappa shape index (κ1) is 13.8. The van der Waals surface area contributed by atoms with Gasteiger partial charge in [0.05, 0.1) is 5.69 Å². The first-order chi connectivity index (χ1) is 8.47. The Hall–Kier alpha value is -0.580. The summed E-state index contributed by atoms with van der Waals surface area (Å²) in [5.41, 5.74) is 7.98. The first-order valence-corrected chi connectivity index (χ1v) is 7.65. The molecule has 1 aromatic heterocycles. The second kappa shape index (κ2) is 5.59. The van der Waals surface area contributed by atoms with Crippen LogP contribution in [0.25, 0.3) is 0 Å². The zero-order valence-electron chi connectivity index (χ0n) is 10.2. The molecule has 0 saturated carbocycles. The van der Waals surface area contributed by atoms with Crippen molar-refractivity contribution in [3.8, 4) is 0 Å². The molecule has 0 aliphatic heterocycles. The van der Waals surface area contributed by atoms with E-state index in [0.717, 1.165) is 27.2 Å². The quantitative estimate of drug-likeness (QED) is 0.863. The van der Waals surface area contributed by atoms with Crippen LogP contribution in [0.4, 0.5) is 5.13 Å². The molecule has 0 unspecified atom stereocenters. The van der Waals surface area contributed by atoms with Gasteiger partial charge in [-0.15, -0.1) is 11.3 Å². The summed E-state index contributed by atoms with van der Waals surface area (Å²) in [6.07, 6.45) is 0.778. The average molecular weight is 346 g/mol. The molecule has 0 bridgehead atoms. The van der Waals surface area contributed by atoms with E-state index < -0.39 is 0 Å². The number of rotatable bonds is 3. The van der Waals surface area contributed by atoms with Crippen molar-refractivity contribution in [3.05, 3.63) is 43.8 Å². The minimum Gasteiger partial charge on any atom is -0.375 e. The van der Waals surface area contributed by atoms with Gasteiger partial charge in [-0.2, -0.15) is 0 Å². The number of benzene rings is 1. The second-order valence-corrected chi connectivity index (χ2v) is 6.87. The lowest BCUT2D eigenvalue weighted by Gasteiger charge is -2.07. The topological polar surface area (TPSA) is 38.9 Å². The van der Waals surface area contributed by atoms with Gasteiger partial charge in [0, 0.05) is 20.8 Å². The molecular formula is C13H14BrClN2S. The van der Waals surface area contributed by atoms with Crippen molar-refractivity contribution in [1.82, 2.24) is 4.98 Å². The van der Waals surface area contributed by atoms with Crippen LogP contribution in [0.1, 0.15) is 35.9 Å². The van der Waals surface area contributed by atoms with Crippen molar-refractivity contribution in [3.63, 3.8) is 0 Å². The molecule has 2 rings (SSSR count). The third kappa shape index (κ3) is 3.05. The third-order valence-electron chi connectivity index (χ3n) is 2.65. The number of anilines is 1. The number of hydrogen-bond donors (Lipinski definition) is 1. The molecule has 0 aliphatic rings. The summed E-state index contributed by atoms with van der Waals surface area (Å²) in [5.74, 6) is 0.375. The van der Waals surface area contributed by atoms with Crippen molar-refractivity contribution < 1.29 is 0 Å². The van der Waals surface area contributed by atoms with E-state index in [-0.39, 0.29) is 0 Å². The fourth-order valence-electron chi connectivity index (χ4n) is 1.81. The molecule has 0 fully saturated rings. The highest BCUT2D eigenvalue weighted by Gasteiger charge is 2.14. The van der Waals surface area contributed by atoms with Gasteiger partial charge >= 0.3 is 0 Å². The predicted molar refractivity (Wildman–Crippen MR) is 82.6 cm³/mol. The van der Waals surface area contributed by atoms with E-state index >= 15 is 0 Å². The Kier molecular flexibility index (Phi) is 4.30. The lowest BCUT2D eigenvalue weighted by atomic mass is 10.0. The molecule has 2 aromatic rings. The van der Waals surface area contributed by atoms with Crippen molar-refractivity contribution in [2.75, 3.05) is 5.73 Å². The molecule has 1 heterocycles. The Morgan fingerprint density at radius 1 is 1.44 bits per heavy atom. The van der Waals surface area contributed by atoms with Gasteiger partial charge in [-0.05, 0) is 29.7 Å². The third-order valence-corrected chi connectivity index (χ3v) is 4.41. The largest absolute Gasteiger partial charge is 0.375 e. The summed E-state index contributed by atoms with van der Waals surface area (Å²) < 4.78 is 1.03. The number of aromatic nitrogens is 1. The minimum atomic E-state index is 0.375. The van der Waals surface area contributed by atoms with E-state index in [0.29, 0.717) is 11.0 Å². The second-order valence-electron chi connectivity index (χ2n) is 4.43. The zero-order valence-corrected chi connectivity index (χ0v) is 13.4. The molecule has 2 N–H and O–H groups in total. The standard InChI is InChI=1S/C13H14BrClN2S/c1-7(2)12-11(18-13(16)17-12)6-8-5-9(14)3-4-10(8)15/h3-5,7H,6H2,1-2H3,(H2,16,17). The smallest absolute Gasteiger partial charge is 0.180 e. The van der Waals surface area contributed by atoms with Gasteiger partial charge < -0.3 is 5.73 Å². The molecule has 0 amide bonds. The predicted octanol–water partition coefficient (Wildman–Crippen LogP) is 4.86. The Morgan fingerprint density at radius 3 is 2.83 bits per heavy atom. The molecule has 18 heavy (non-hydrogen) atoms. The van der Waals surface area contributed by atoms with Crippen molar-refractivity contribution in [1.29, 1.82) is 0 Å². The molecule has 0 radical (unpaired) electrons. The number of nitrogens with two attached hydrogens (primary N) is 1. The van der Waals surface area contributed by atoms with Gasteiger partial charge in [0.25, 0.3) is 0 Å². The van der Waals surface area contributed by atoms with Crippen molar-refractivity contribution in [2.45, 2.75) is 26.2 Å². The average Bonchev–Trinajstić information content (AvgIpc) is 2.65. The van der Waals surface area contributed by atoms with Crippen LogP contribution in [0, 0.1) is 0 Å². The van der Waals surface area contributed by atoms with E-state index in [1.807, 2.05) is 18.2 Å². The lowest BCUT2D eigenvalue weighted by molar-refractivity contribution is 0.820. The maximum absolute atomic E-state index is 6.22. The van der Waals surface area contributed by atoms with Gasteiger partial charge in [0.15, 0.2) is 5.13 Å². The van der Waals surface area contributed by atoms with E-state index in [9.17, 15) is 0 Å². The first-order valence-electron chi connectivity index (χ1n) is 5.66. The Labute approximate surface area is 124 Å². The Morgan fingerprint density at radius 2 is 2.17 bits per heavy atom. The monoisotopic (exact) mass is 344 g/mol. The van der Waals surface area contributed by atoms with Crippen LogP contribution in [-0.2, 0) is 6.42 Å². The summed E-state index contributed by atoms with van der Waals surface area (Å²) in [4.78, 5) is 5.60. The number of nitrogens with zero attached hydrogens (tertiary/aromatic N) is 1. The SMILES string of the molecule is CC(C)c1nc(N)sc1Cc1cc(Br)ccc1Cl. The zero-order chi connectivity index (χ0) is 13.3. The fraction of sp³-hybridized carbons (Fsp3) is 0.308. The van der Waals surface area contributed by atoms with Gasteiger partial charge in [-0.3, -0.25) is 0 Å². The van der Waals surface area contributed by atoms with Crippen LogP contribution < -0.4 is 5.73 Å². The molecule has 1 aromatic carbocycles. The minimum absolute atomic E-state index is 0.375. The van der Waals surface area contributed by atoms with Crippen LogP contribution in [0.5, 0.6) is 0 Å². The molecular weight excluding hydrogens is 332 g/mol. The van der Waals surface area contributed by atoms with Crippen molar-refractivity contribution in [2.24, 2.45) is 0 Å². The van der Waals surface area contributed by atoms with E-state index in [4.69, 9.17) is 17.3 Å². The fourth-order valence-corrected chi connectivity index (χ4v) is 3.41. The Bertz CT molecular complexity index is 566. The lowest BCUT2D eigenvalue weighted by Crippen LogP contribution is -1.96. The van der Waals surface area contributed by atoms with Gasteiger partial charge in [-0.1, -0.05) is 41.4 Å². The maximum atomic E-state index is 6.22. The van der Waals surface area contributed by atoms with Crippen LogP contribution >= 0.6 is 38.9 Å². The normalized spacial score (nSPS) is 11.2. The summed E-state index contributed by atoms with van der Waals surface area (Å²) in [6, 6.07) is 5.89. The van der Waals surface area contributed by atoms with Gasteiger partial charge in [0.2, 0.25) is 0 Å². The summed E-state index contributed by atoms with van der Waals surface area (Å²) in [7, 11) is 0. The Balaban J connectivity index is 2.36. The summed E-state index contributed by atoms with van der Waals surface area (Å²) >= 11 is 11.2. The number of nitrogen functional groups attached to an aromatic ring is 1. The van der Waals surface area contributed by atoms with Crippen LogP contribution in [0.3, 0.4) is 0 Å². The highest BCUT2D eigenvalue weighted by Crippen LogP contribution is 2.31. The maximum Gasteiger partial charge on any atom is 0.180 e. The van der Waals surface area contributed by atoms with Crippen LogP contribution in [0.15, 0.2) is 22.7 Å². The van der Waals surface area contributed by atoms with Crippen LogP contribution in [0.2, 0.25) is 5.02 Å². The number of thiazole rings is 1. The van der Waals surface area contributed by atoms with Crippen molar-refractivity contribution >= 4 is 44.0 Å². The molecule has 96 valence electrons. The van der Waals surface area contributed by atoms with E-state index in [2.05, 4.69) is 34.8 Å². The molecule has 0 saturated heterocycles. The van der Waals surface area contributed by atoms with Gasteiger partial charge in [0.1, 0.15) is 0 Å². The molecule has 5 heteroatoms. The van der Waals surface area contributed by atoms with E-state index in [1.54, 1.807) is 11.3 Å². The number of halogens is 2. The number of hydrogen-bond acceptors (Lipinski definition) is 3. The van der Waals surface area contributed by atoms with E-state index in [1.165, 1.54) is 4.88 Å². The summed E-state index contributed by atoms with van der Waals surface area (Å²) in [5, 5.41) is 1.40. The summed E-state index contributed by atoms with van der Waals surface area (Å²) in [6.45, 7) is 4.25. The highest BCUT2D eigenvalue weighted by atomic mass is 79.9. The van der Waals surface area contributed by atoms with Crippen LogP contribution in [-0.4, -0.2) is 4.98 Å².